The Morgan fingerprint density at radius 3 is 2.11 bits per heavy atom. The second-order valence-corrected chi connectivity index (χ2v) is 4.61. The van der Waals surface area contributed by atoms with Crippen LogP contribution in [0.1, 0.15) is 25.5 Å². The van der Waals surface area contributed by atoms with Crippen molar-refractivity contribution in [1.82, 2.24) is 5.32 Å². The molecule has 1 rings (SSSR count). The SMILES string of the molecule is CC(C)[C@H](N[C@@H](c1ccccc1)C(F)(F)F)C(=O)O. The average Bonchev–Trinajstić information content (AvgIpc) is 2.28. The van der Waals surface area contributed by atoms with Gasteiger partial charge in [-0.05, 0) is 11.5 Å². The molecule has 2 N–H and O–H groups in total. The Kier molecular flexibility index (Phi) is 4.94. The van der Waals surface area contributed by atoms with E-state index in [0.29, 0.717) is 0 Å². The van der Waals surface area contributed by atoms with E-state index in [1.807, 2.05) is 0 Å². The van der Waals surface area contributed by atoms with Crippen LogP contribution in [0.3, 0.4) is 0 Å². The summed E-state index contributed by atoms with van der Waals surface area (Å²) in [5.74, 6) is -1.74. The molecule has 1 aromatic rings. The van der Waals surface area contributed by atoms with Gasteiger partial charge in [0.2, 0.25) is 0 Å². The Morgan fingerprint density at radius 2 is 1.74 bits per heavy atom. The van der Waals surface area contributed by atoms with Crippen LogP contribution in [-0.4, -0.2) is 23.3 Å². The smallest absolute Gasteiger partial charge is 0.407 e. The first-order chi connectivity index (χ1) is 8.73. The highest BCUT2D eigenvalue weighted by atomic mass is 19.4. The van der Waals surface area contributed by atoms with Gasteiger partial charge in [0.1, 0.15) is 12.1 Å². The maximum atomic E-state index is 13.0. The first-order valence-corrected chi connectivity index (χ1v) is 5.84. The standard InChI is InChI=1S/C13H16F3NO2/c1-8(2)10(12(18)19)17-11(13(14,15)16)9-6-4-3-5-7-9/h3-8,10-11,17H,1-2H3,(H,18,19)/t10-,11-/m0/s1. The summed E-state index contributed by atoms with van der Waals surface area (Å²) >= 11 is 0. The number of carbonyl (C=O) groups is 1. The van der Waals surface area contributed by atoms with Gasteiger partial charge in [0.25, 0.3) is 0 Å². The van der Waals surface area contributed by atoms with Gasteiger partial charge in [-0.3, -0.25) is 10.1 Å². The minimum Gasteiger partial charge on any atom is -0.480 e. The predicted molar refractivity (Wildman–Crippen MR) is 64.6 cm³/mol. The van der Waals surface area contributed by atoms with Crippen molar-refractivity contribution in [2.45, 2.75) is 32.1 Å². The number of nitrogens with one attached hydrogen (secondary N) is 1. The molecule has 0 bridgehead atoms. The Hall–Kier alpha value is -1.56. The molecule has 0 amide bonds. The topological polar surface area (TPSA) is 49.3 Å². The van der Waals surface area contributed by atoms with Gasteiger partial charge in [-0.25, -0.2) is 0 Å². The van der Waals surface area contributed by atoms with E-state index < -0.39 is 30.1 Å². The number of halogens is 3. The summed E-state index contributed by atoms with van der Waals surface area (Å²) in [6.45, 7) is 3.12. The van der Waals surface area contributed by atoms with E-state index in [9.17, 15) is 18.0 Å². The highest BCUT2D eigenvalue weighted by Crippen LogP contribution is 2.33. The second kappa shape index (κ2) is 6.06. The molecule has 0 spiro atoms. The van der Waals surface area contributed by atoms with Crippen LogP contribution in [0.4, 0.5) is 13.2 Å². The molecule has 1 aromatic carbocycles. The zero-order chi connectivity index (χ0) is 14.6. The van der Waals surface area contributed by atoms with Crippen LogP contribution >= 0.6 is 0 Å². The summed E-state index contributed by atoms with van der Waals surface area (Å²) in [5.41, 5.74) is 0.00176. The van der Waals surface area contributed by atoms with Gasteiger partial charge in [-0.1, -0.05) is 44.2 Å². The first-order valence-electron chi connectivity index (χ1n) is 5.84. The molecule has 0 radical (unpaired) electrons. The summed E-state index contributed by atoms with van der Waals surface area (Å²) in [4.78, 5) is 11.0. The van der Waals surface area contributed by atoms with Gasteiger partial charge in [-0.2, -0.15) is 13.2 Å². The molecule has 0 heterocycles. The maximum Gasteiger partial charge on any atom is 0.407 e. The third-order valence-corrected chi connectivity index (χ3v) is 2.74. The normalized spacial score (nSPS) is 15.3. The summed E-state index contributed by atoms with van der Waals surface area (Å²) < 4.78 is 39.1. The highest BCUT2D eigenvalue weighted by Gasteiger charge is 2.43. The second-order valence-electron chi connectivity index (χ2n) is 4.61. The van der Waals surface area contributed by atoms with Gasteiger partial charge >= 0.3 is 12.1 Å². The van der Waals surface area contributed by atoms with Crippen LogP contribution in [0.15, 0.2) is 30.3 Å². The predicted octanol–water partition coefficient (Wildman–Crippen LogP) is 2.99. The lowest BCUT2D eigenvalue weighted by Crippen LogP contribution is -2.47. The van der Waals surface area contributed by atoms with E-state index in [2.05, 4.69) is 5.32 Å². The van der Waals surface area contributed by atoms with Gasteiger partial charge < -0.3 is 5.11 Å². The molecule has 0 aromatic heterocycles. The van der Waals surface area contributed by atoms with Gasteiger partial charge in [-0.15, -0.1) is 0 Å². The van der Waals surface area contributed by atoms with E-state index in [-0.39, 0.29) is 5.56 Å². The molecule has 0 aliphatic rings. The van der Waals surface area contributed by atoms with E-state index in [1.165, 1.54) is 24.3 Å². The van der Waals surface area contributed by atoms with Crippen molar-refractivity contribution >= 4 is 5.97 Å². The number of alkyl halides is 3. The summed E-state index contributed by atoms with van der Waals surface area (Å²) in [6.07, 6.45) is -4.55. The Morgan fingerprint density at radius 1 is 1.21 bits per heavy atom. The lowest BCUT2D eigenvalue weighted by Gasteiger charge is -2.27. The molecule has 0 fully saturated rings. The fourth-order valence-electron chi connectivity index (χ4n) is 1.75. The summed E-state index contributed by atoms with van der Waals surface area (Å²) in [6, 6.07) is 3.98. The maximum absolute atomic E-state index is 13.0. The molecule has 2 atom stereocenters. The number of rotatable bonds is 5. The number of carboxylic acid groups (broad SMARTS) is 1. The number of carboxylic acids is 1. The van der Waals surface area contributed by atoms with Crippen molar-refractivity contribution in [2.75, 3.05) is 0 Å². The zero-order valence-electron chi connectivity index (χ0n) is 10.6. The molecule has 106 valence electrons. The van der Waals surface area contributed by atoms with E-state index in [1.54, 1.807) is 19.9 Å². The fraction of sp³-hybridized carbons (Fsp3) is 0.462. The molecular formula is C13H16F3NO2. The average molecular weight is 275 g/mol. The lowest BCUT2D eigenvalue weighted by atomic mass is 10.00. The van der Waals surface area contributed by atoms with E-state index in [0.717, 1.165) is 0 Å². The van der Waals surface area contributed by atoms with Gasteiger partial charge in [0, 0.05) is 0 Å². The van der Waals surface area contributed by atoms with Crippen molar-refractivity contribution in [3.05, 3.63) is 35.9 Å². The van der Waals surface area contributed by atoms with E-state index >= 15 is 0 Å². The summed E-state index contributed by atoms with van der Waals surface area (Å²) in [7, 11) is 0. The van der Waals surface area contributed by atoms with Crippen molar-refractivity contribution in [1.29, 1.82) is 0 Å². The monoisotopic (exact) mass is 275 g/mol. The van der Waals surface area contributed by atoms with Crippen LogP contribution < -0.4 is 5.32 Å². The number of hydrogen-bond donors (Lipinski definition) is 2. The quantitative estimate of drug-likeness (QED) is 0.868. The Bertz CT molecular complexity index is 418. The Balaban J connectivity index is 3.03. The van der Waals surface area contributed by atoms with Crippen molar-refractivity contribution in [3.8, 4) is 0 Å². The molecule has 3 nitrogen and oxygen atoms in total. The number of aliphatic carboxylic acids is 1. The molecular weight excluding hydrogens is 259 g/mol. The molecule has 19 heavy (non-hydrogen) atoms. The van der Waals surface area contributed by atoms with Crippen molar-refractivity contribution < 1.29 is 23.1 Å². The molecule has 6 heteroatoms. The van der Waals surface area contributed by atoms with Crippen LogP contribution in [-0.2, 0) is 4.79 Å². The van der Waals surface area contributed by atoms with Gasteiger partial charge in [0.05, 0.1) is 0 Å². The molecule has 0 aliphatic heterocycles. The van der Waals surface area contributed by atoms with Crippen LogP contribution in [0, 0.1) is 5.92 Å². The van der Waals surface area contributed by atoms with Crippen LogP contribution in [0.2, 0.25) is 0 Å². The van der Waals surface area contributed by atoms with Crippen molar-refractivity contribution in [3.63, 3.8) is 0 Å². The molecule has 0 aliphatic carbocycles. The number of hydrogen-bond acceptors (Lipinski definition) is 2. The minimum atomic E-state index is -4.55. The minimum absolute atomic E-state index is 0.00176. The molecule has 0 saturated carbocycles. The number of benzene rings is 1. The first kappa shape index (κ1) is 15.5. The lowest BCUT2D eigenvalue weighted by molar-refractivity contribution is -0.164. The summed E-state index contributed by atoms with van der Waals surface area (Å²) in [5, 5.41) is 11.2. The van der Waals surface area contributed by atoms with Crippen molar-refractivity contribution in [2.24, 2.45) is 5.92 Å². The highest BCUT2D eigenvalue weighted by molar-refractivity contribution is 5.73. The van der Waals surface area contributed by atoms with Gasteiger partial charge in [0.15, 0.2) is 0 Å². The Labute approximate surface area is 109 Å². The zero-order valence-corrected chi connectivity index (χ0v) is 10.6. The third-order valence-electron chi connectivity index (χ3n) is 2.74. The van der Waals surface area contributed by atoms with Crippen LogP contribution in [0.25, 0.3) is 0 Å². The fourth-order valence-corrected chi connectivity index (χ4v) is 1.75. The largest absolute Gasteiger partial charge is 0.480 e. The molecule has 0 saturated heterocycles. The third kappa shape index (κ3) is 4.24. The van der Waals surface area contributed by atoms with E-state index in [4.69, 9.17) is 5.11 Å². The molecule has 0 unspecified atom stereocenters. The van der Waals surface area contributed by atoms with Crippen LogP contribution in [0.5, 0.6) is 0 Å².